The monoisotopic (exact) mass is 431 g/mol. The van der Waals surface area contributed by atoms with Crippen LogP contribution in [0.25, 0.3) is 16.9 Å². The zero-order valence-corrected chi connectivity index (χ0v) is 17.9. The lowest BCUT2D eigenvalue weighted by Gasteiger charge is -2.21. The molecule has 32 heavy (non-hydrogen) atoms. The highest BCUT2D eigenvalue weighted by Gasteiger charge is 2.17. The van der Waals surface area contributed by atoms with Crippen LogP contribution >= 0.6 is 0 Å². The number of nitrogens with zero attached hydrogens (tertiary/aromatic N) is 4. The Bertz CT molecular complexity index is 1140. The van der Waals surface area contributed by atoms with E-state index in [4.69, 9.17) is 10.00 Å². The molecule has 0 aliphatic carbocycles. The van der Waals surface area contributed by atoms with E-state index < -0.39 is 0 Å². The highest BCUT2D eigenvalue weighted by molar-refractivity contribution is 5.93. The molecule has 1 saturated heterocycles. The summed E-state index contributed by atoms with van der Waals surface area (Å²) in [6.07, 6.45) is 6.07. The number of benzene rings is 1. The zero-order valence-electron chi connectivity index (χ0n) is 17.9. The van der Waals surface area contributed by atoms with Gasteiger partial charge in [-0.05, 0) is 67.5 Å². The highest BCUT2D eigenvalue weighted by Crippen LogP contribution is 2.33. The summed E-state index contributed by atoms with van der Waals surface area (Å²) in [5, 5.41) is 26.9. The van der Waals surface area contributed by atoms with Gasteiger partial charge in [-0.1, -0.05) is 6.07 Å². The fourth-order valence-corrected chi connectivity index (χ4v) is 3.91. The zero-order chi connectivity index (χ0) is 22.5. The molecular formula is C24H25N5O3. The van der Waals surface area contributed by atoms with Crippen molar-refractivity contribution in [1.82, 2.24) is 20.1 Å². The fourth-order valence-electron chi connectivity index (χ4n) is 3.91. The van der Waals surface area contributed by atoms with Crippen molar-refractivity contribution < 1.29 is 14.6 Å². The second kappa shape index (κ2) is 9.62. The third-order valence-corrected chi connectivity index (χ3v) is 5.80. The number of pyridine rings is 1. The van der Waals surface area contributed by atoms with Gasteiger partial charge in [0, 0.05) is 26.0 Å². The predicted molar refractivity (Wildman–Crippen MR) is 118 cm³/mol. The maximum atomic E-state index is 12.4. The lowest BCUT2D eigenvalue weighted by molar-refractivity contribution is 0.0636. The summed E-state index contributed by atoms with van der Waals surface area (Å²) >= 11 is 0. The van der Waals surface area contributed by atoms with Crippen molar-refractivity contribution >= 4 is 5.91 Å². The van der Waals surface area contributed by atoms with Gasteiger partial charge in [0.15, 0.2) is 5.82 Å². The number of hydrogen-bond acceptors (Lipinski definition) is 6. The molecule has 0 bridgehead atoms. The number of aromatic hydroxyl groups is 1. The average Bonchev–Trinajstić information content (AvgIpc) is 3.20. The number of nitriles is 1. The molecule has 1 aromatic carbocycles. The molecule has 0 saturated carbocycles. The highest BCUT2D eigenvalue weighted by atomic mass is 16.5. The van der Waals surface area contributed by atoms with Crippen molar-refractivity contribution in [3.8, 4) is 28.9 Å². The number of ether oxygens (including phenoxy) is 1. The van der Waals surface area contributed by atoms with Crippen molar-refractivity contribution in [2.45, 2.75) is 26.2 Å². The Morgan fingerprint density at radius 3 is 2.75 bits per heavy atom. The maximum Gasteiger partial charge on any atom is 0.252 e. The molecule has 4 rings (SSSR count). The third-order valence-electron chi connectivity index (χ3n) is 5.80. The number of aryl methyl sites for hydroxylation is 1. The van der Waals surface area contributed by atoms with Gasteiger partial charge in [-0.2, -0.15) is 15.0 Å². The molecule has 164 valence electrons. The molecule has 0 atom stereocenters. The van der Waals surface area contributed by atoms with E-state index >= 15 is 0 Å². The standard InChI is InChI=1S/C24H25N5O3/c1-16-12-18(13-25)2-4-20(16)21-15-28-29(24(21)31)22-5-3-19(14-27-22)23(30)26-9-6-17-7-10-32-11-8-17/h2-5,12,14-15,17,31H,6-11H2,1H3,(H,26,30). The van der Waals surface area contributed by atoms with Crippen LogP contribution in [0, 0.1) is 24.2 Å². The SMILES string of the molecule is Cc1cc(C#N)ccc1-c1cnn(-c2ccc(C(=O)NCCC3CCOCC3)cn2)c1O. The molecule has 8 nitrogen and oxygen atoms in total. The Balaban J connectivity index is 1.43. The summed E-state index contributed by atoms with van der Waals surface area (Å²) in [5.74, 6) is 0.772. The van der Waals surface area contributed by atoms with Crippen molar-refractivity contribution in [2.75, 3.05) is 19.8 Å². The molecule has 3 heterocycles. The summed E-state index contributed by atoms with van der Waals surface area (Å²) in [6, 6.07) is 10.7. The van der Waals surface area contributed by atoms with Gasteiger partial charge in [0.05, 0.1) is 29.0 Å². The number of carbonyl (C=O) groups is 1. The number of aromatic nitrogens is 3. The number of amides is 1. The molecule has 1 aliphatic rings. The van der Waals surface area contributed by atoms with E-state index in [1.54, 1.807) is 36.5 Å². The van der Waals surface area contributed by atoms with E-state index in [-0.39, 0.29) is 11.8 Å². The van der Waals surface area contributed by atoms with E-state index in [9.17, 15) is 9.90 Å². The first kappa shape index (κ1) is 21.5. The van der Waals surface area contributed by atoms with Gasteiger partial charge in [-0.3, -0.25) is 4.79 Å². The molecule has 3 aromatic rings. The molecular weight excluding hydrogens is 406 g/mol. The largest absolute Gasteiger partial charge is 0.493 e. The molecule has 1 amide bonds. The molecule has 2 N–H and O–H groups in total. The molecule has 8 heteroatoms. The molecule has 0 unspecified atom stereocenters. The van der Waals surface area contributed by atoms with Crippen molar-refractivity contribution in [3.05, 3.63) is 59.4 Å². The summed E-state index contributed by atoms with van der Waals surface area (Å²) in [7, 11) is 0. The van der Waals surface area contributed by atoms with Gasteiger partial charge in [-0.25, -0.2) is 4.98 Å². The predicted octanol–water partition coefficient (Wildman–Crippen LogP) is 3.37. The van der Waals surface area contributed by atoms with Crippen LogP contribution in [-0.2, 0) is 4.74 Å². The summed E-state index contributed by atoms with van der Waals surface area (Å²) in [6.45, 7) is 4.10. The van der Waals surface area contributed by atoms with Crippen LogP contribution in [0.4, 0.5) is 0 Å². The van der Waals surface area contributed by atoms with Crippen molar-refractivity contribution in [3.63, 3.8) is 0 Å². The second-order valence-electron chi connectivity index (χ2n) is 7.94. The molecule has 0 spiro atoms. The molecule has 1 fully saturated rings. The lowest BCUT2D eigenvalue weighted by Crippen LogP contribution is -2.27. The van der Waals surface area contributed by atoms with Gasteiger partial charge in [-0.15, -0.1) is 0 Å². The summed E-state index contributed by atoms with van der Waals surface area (Å²) < 4.78 is 6.68. The summed E-state index contributed by atoms with van der Waals surface area (Å²) in [4.78, 5) is 16.7. The number of nitrogens with one attached hydrogen (secondary N) is 1. The van der Waals surface area contributed by atoms with E-state index in [0.29, 0.717) is 35.0 Å². The first-order valence-electron chi connectivity index (χ1n) is 10.7. The average molecular weight is 431 g/mol. The van der Waals surface area contributed by atoms with Crippen LogP contribution in [0.15, 0.2) is 42.7 Å². The van der Waals surface area contributed by atoms with Crippen molar-refractivity contribution in [1.29, 1.82) is 5.26 Å². The van der Waals surface area contributed by atoms with Crippen LogP contribution in [0.2, 0.25) is 0 Å². The van der Waals surface area contributed by atoms with Crippen molar-refractivity contribution in [2.24, 2.45) is 5.92 Å². The van der Waals surface area contributed by atoms with E-state index in [0.717, 1.165) is 43.6 Å². The van der Waals surface area contributed by atoms with Crippen LogP contribution in [-0.4, -0.2) is 45.5 Å². The number of carbonyl (C=O) groups excluding carboxylic acids is 1. The second-order valence-corrected chi connectivity index (χ2v) is 7.94. The van der Waals surface area contributed by atoms with E-state index in [2.05, 4.69) is 21.5 Å². The maximum absolute atomic E-state index is 12.4. The molecule has 1 aliphatic heterocycles. The molecule has 0 radical (unpaired) electrons. The first-order valence-corrected chi connectivity index (χ1v) is 10.7. The minimum atomic E-state index is -0.172. The Labute approximate surface area is 186 Å². The van der Waals surface area contributed by atoms with Gasteiger partial charge < -0.3 is 15.2 Å². The van der Waals surface area contributed by atoms with Crippen LogP contribution < -0.4 is 5.32 Å². The first-order chi connectivity index (χ1) is 15.6. The Hall–Kier alpha value is -3.70. The minimum Gasteiger partial charge on any atom is -0.493 e. The van der Waals surface area contributed by atoms with Gasteiger partial charge in [0.1, 0.15) is 0 Å². The van der Waals surface area contributed by atoms with Crippen LogP contribution in [0.3, 0.4) is 0 Å². The van der Waals surface area contributed by atoms with Gasteiger partial charge >= 0.3 is 0 Å². The minimum absolute atomic E-state index is 0.0565. The Kier molecular flexibility index (Phi) is 6.47. The Morgan fingerprint density at radius 1 is 1.25 bits per heavy atom. The Morgan fingerprint density at radius 2 is 2.06 bits per heavy atom. The number of hydrogen-bond donors (Lipinski definition) is 2. The topological polar surface area (TPSA) is 113 Å². The number of rotatable bonds is 6. The smallest absolute Gasteiger partial charge is 0.252 e. The fraction of sp³-hybridized carbons (Fsp3) is 0.333. The van der Waals surface area contributed by atoms with E-state index in [1.165, 1.54) is 10.9 Å². The summed E-state index contributed by atoms with van der Waals surface area (Å²) in [5.41, 5.74) is 3.20. The quantitative estimate of drug-likeness (QED) is 0.619. The normalized spacial score (nSPS) is 14.1. The van der Waals surface area contributed by atoms with Crippen LogP contribution in [0.1, 0.15) is 40.7 Å². The third kappa shape index (κ3) is 4.63. The van der Waals surface area contributed by atoms with E-state index in [1.807, 2.05) is 6.92 Å². The molecule has 2 aromatic heterocycles. The van der Waals surface area contributed by atoms with Gasteiger partial charge in [0.25, 0.3) is 5.91 Å². The van der Waals surface area contributed by atoms with Crippen LogP contribution in [0.5, 0.6) is 5.88 Å². The van der Waals surface area contributed by atoms with Gasteiger partial charge in [0.2, 0.25) is 5.88 Å². The lowest BCUT2D eigenvalue weighted by atomic mass is 9.97.